The van der Waals surface area contributed by atoms with E-state index in [1.807, 2.05) is 0 Å². The second-order valence-corrected chi connectivity index (χ2v) is 6.47. The summed E-state index contributed by atoms with van der Waals surface area (Å²) in [4.78, 5) is 0. The highest BCUT2D eigenvalue weighted by atomic mass is 16.5. The van der Waals surface area contributed by atoms with E-state index in [0.717, 1.165) is 37.5 Å². The van der Waals surface area contributed by atoms with E-state index >= 15 is 0 Å². The molecular weight excluding hydrogens is 198 g/mol. The molecule has 3 fully saturated rings. The van der Waals surface area contributed by atoms with Gasteiger partial charge in [0.2, 0.25) is 0 Å². The highest BCUT2D eigenvalue weighted by Crippen LogP contribution is 2.52. The molecule has 3 rings (SSSR count). The molecule has 0 spiro atoms. The van der Waals surface area contributed by atoms with Gasteiger partial charge >= 0.3 is 0 Å². The average Bonchev–Trinajstić information content (AvgIpc) is 2.94. The molecule has 1 aliphatic heterocycles. The molecule has 2 aliphatic carbocycles. The quantitative estimate of drug-likeness (QED) is 0.790. The zero-order valence-electron chi connectivity index (χ0n) is 10.5. The molecule has 2 nitrogen and oxygen atoms in total. The molecule has 16 heavy (non-hydrogen) atoms. The highest BCUT2D eigenvalue weighted by molar-refractivity contribution is 4.95. The normalized spacial score (nSPS) is 46.7. The van der Waals surface area contributed by atoms with Crippen molar-refractivity contribution in [3.8, 4) is 0 Å². The Kier molecular flexibility index (Phi) is 2.97. The molecule has 0 aromatic rings. The van der Waals surface area contributed by atoms with Crippen LogP contribution in [-0.2, 0) is 4.74 Å². The predicted octanol–water partition coefficient (Wildman–Crippen LogP) is 2.44. The van der Waals surface area contributed by atoms with Gasteiger partial charge in [-0.2, -0.15) is 0 Å². The van der Waals surface area contributed by atoms with Gasteiger partial charge in [0.05, 0.1) is 6.61 Å². The monoisotopic (exact) mass is 223 g/mol. The van der Waals surface area contributed by atoms with E-state index in [1.165, 1.54) is 32.1 Å². The summed E-state index contributed by atoms with van der Waals surface area (Å²) < 4.78 is 5.66. The largest absolute Gasteiger partial charge is 0.381 e. The van der Waals surface area contributed by atoms with Crippen LogP contribution in [0.1, 0.15) is 38.5 Å². The van der Waals surface area contributed by atoms with Crippen molar-refractivity contribution in [2.75, 3.05) is 26.8 Å². The Balaban J connectivity index is 1.63. The zero-order valence-corrected chi connectivity index (χ0v) is 10.5. The van der Waals surface area contributed by atoms with Gasteiger partial charge in [-0.05, 0) is 56.9 Å². The first-order chi connectivity index (χ1) is 7.81. The molecule has 2 saturated carbocycles. The number of hydrogen-bond donors (Lipinski definition) is 1. The average molecular weight is 223 g/mol. The van der Waals surface area contributed by atoms with E-state index in [0.29, 0.717) is 5.41 Å². The van der Waals surface area contributed by atoms with Crippen LogP contribution in [0.4, 0.5) is 0 Å². The molecule has 3 aliphatic rings. The van der Waals surface area contributed by atoms with Crippen LogP contribution < -0.4 is 5.32 Å². The topological polar surface area (TPSA) is 21.3 Å². The van der Waals surface area contributed by atoms with Gasteiger partial charge in [-0.15, -0.1) is 0 Å². The maximum absolute atomic E-state index is 5.66. The minimum absolute atomic E-state index is 0.476. The smallest absolute Gasteiger partial charge is 0.0535 e. The molecule has 4 unspecified atom stereocenters. The number of nitrogens with one attached hydrogen (secondary N) is 1. The van der Waals surface area contributed by atoms with Gasteiger partial charge in [0, 0.05) is 18.6 Å². The summed E-state index contributed by atoms with van der Waals surface area (Å²) in [6.45, 7) is 3.14. The van der Waals surface area contributed by atoms with E-state index in [-0.39, 0.29) is 0 Å². The summed E-state index contributed by atoms with van der Waals surface area (Å²) >= 11 is 0. The number of fused-ring (bicyclic) bond motifs is 2. The van der Waals surface area contributed by atoms with E-state index in [1.54, 1.807) is 6.42 Å². The standard InChI is InChI=1S/C14H25NO/c1-15-9-14(4-5-16-10-14)8-13-7-11-2-3-12(13)6-11/h11-13,15H,2-10H2,1H3. The Hall–Kier alpha value is -0.0800. The lowest BCUT2D eigenvalue weighted by Gasteiger charge is -2.33. The molecule has 2 heteroatoms. The first kappa shape index (κ1) is 11.0. The van der Waals surface area contributed by atoms with Crippen molar-refractivity contribution < 1.29 is 4.74 Å². The fraction of sp³-hybridized carbons (Fsp3) is 1.00. The van der Waals surface area contributed by atoms with Crippen LogP contribution in [0.15, 0.2) is 0 Å². The summed E-state index contributed by atoms with van der Waals surface area (Å²) in [6.07, 6.45) is 8.82. The van der Waals surface area contributed by atoms with Gasteiger partial charge in [0.1, 0.15) is 0 Å². The van der Waals surface area contributed by atoms with Gasteiger partial charge in [-0.25, -0.2) is 0 Å². The summed E-state index contributed by atoms with van der Waals surface area (Å²) in [6, 6.07) is 0. The maximum atomic E-state index is 5.66. The fourth-order valence-corrected chi connectivity index (χ4v) is 4.58. The van der Waals surface area contributed by atoms with Crippen molar-refractivity contribution in [2.45, 2.75) is 38.5 Å². The number of ether oxygens (including phenoxy) is 1. The number of rotatable bonds is 4. The highest BCUT2D eigenvalue weighted by Gasteiger charge is 2.44. The summed E-state index contributed by atoms with van der Waals surface area (Å²) in [5.41, 5.74) is 0.476. The summed E-state index contributed by atoms with van der Waals surface area (Å²) in [5, 5.41) is 3.39. The lowest BCUT2D eigenvalue weighted by atomic mass is 9.73. The fourth-order valence-electron chi connectivity index (χ4n) is 4.58. The van der Waals surface area contributed by atoms with E-state index in [9.17, 15) is 0 Å². The Morgan fingerprint density at radius 1 is 1.31 bits per heavy atom. The molecule has 2 bridgehead atoms. The SMILES string of the molecule is CNCC1(CC2CC3CCC2C3)CCOC1. The van der Waals surface area contributed by atoms with Crippen molar-refractivity contribution in [1.82, 2.24) is 5.32 Å². The first-order valence-electron chi connectivity index (χ1n) is 7.04. The second kappa shape index (κ2) is 4.30. The van der Waals surface area contributed by atoms with E-state index in [2.05, 4.69) is 12.4 Å². The molecule has 92 valence electrons. The summed E-state index contributed by atoms with van der Waals surface area (Å²) in [5.74, 6) is 3.18. The van der Waals surface area contributed by atoms with Gasteiger partial charge in [0.15, 0.2) is 0 Å². The third kappa shape index (κ3) is 1.91. The van der Waals surface area contributed by atoms with Crippen LogP contribution in [0.5, 0.6) is 0 Å². The molecule has 0 aromatic carbocycles. The van der Waals surface area contributed by atoms with Gasteiger partial charge < -0.3 is 10.1 Å². The van der Waals surface area contributed by atoms with Crippen LogP contribution in [-0.4, -0.2) is 26.8 Å². The molecule has 0 aromatic heterocycles. The lowest BCUT2D eigenvalue weighted by Crippen LogP contribution is -2.36. The molecule has 1 heterocycles. The van der Waals surface area contributed by atoms with Crippen molar-refractivity contribution in [1.29, 1.82) is 0 Å². The Labute approximate surface area is 99.1 Å². The van der Waals surface area contributed by atoms with Crippen LogP contribution in [0.3, 0.4) is 0 Å². The van der Waals surface area contributed by atoms with Gasteiger partial charge in [-0.1, -0.05) is 6.42 Å². The van der Waals surface area contributed by atoms with Crippen LogP contribution in [0.2, 0.25) is 0 Å². The predicted molar refractivity (Wildman–Crippen MR) is 65.4 cm³/mol. The van der Waals surface area contributed by atoms with E-state index in [4.69, 9.17) is 4.74 Å². The van der Waals surface area contributed by atoms with Crippen LogP contribution in [0, 0.1) is 23.2 Å². The molecule has 1 N–H and O–H groups in total. The minimum atomic E-state index is 0.476. The first-order valence-corrected chi connectivity index (χ1v) is 7.04. The Morgan fingerprint density at radius 2 is 2.25 bits per heavy atom. The third-order valence-corrected chi connectivity index (χ3v) is 5.32. The summed E-state index contributed by atoms with van der Waals surface area (Å²) in [7, 11) is 2.08. The van der Waals surface area contributed by atoms with Crippen molar-refractivity contribution in [3.05, 3.63) is 0 Å². The Morgan fingerprint density at radius 3 is 2.81 bits per heavy atom. The third-order valence-electron chi connectivity index (χ3n) is 5.32. The molecule has 0 amide bonds. The lowest BCUT2D eigenvalue weighted by molar-refractivity contribution is 0.119. The molecular formula is C14H25NO. The van der Waals surface area contributed by atoms with E-state index < -0.39 is 0 Å². The van der Waals surface area contributed by atoms with Crippen molar-refractivity contribution in [2.24, 2.45) is 23.2 Å². The maximum Gasteiger partial charge on any atom is 0.0535 e. The minimum Gasteiger partial charge on any atom is -0.381 e. The van der Waals surface area contributed by atoms with Crippen molar-refractivity contribution >= 4 is 0 Å². The van der Waals surface area contributed by atoms with Crippen molar-refractivity contribution in [3.63, 3.8) is 0 Å². The molecule has 4 atom stereocenters. The molecule has 1 saturated heterocycles. The zero-order chi connectivity index (χ0) is 11.0. The van der Waals surface area contributed by atoms with Gasteiger partial charge in [0.25, 0.3) is 0 Å². The molecule has 0 radical (unpaired) electrons. The number of hydrogen-bond acceptors (Lipinski definition) is 2. The Bertz CT molecular complexity index is 247. The van der Waals surface area contributed by atoms with Gasteiger partial charge in [-0.3, -0.25) is 0 Å². The second-order valence-electron chi connectivity index (χ2n) is 6.47. The van der Waals surface area contributed by atoms with Crippen LogP contribution in [0.25, 0.3) is 0 Å². The van der Waals surface area contributed by atoms with Crippen LogP contribution >= 0.6 is 0 Å².